The SMILES string of the molecule is N#CC1=C(Cl)CC(c2cc[nH]n2)C=C1. The fourth-order valence-corrected chi connectivity index (χ4v) is 1.72. The van der Waals surface area contributed by atoms with Gasteiger partial charge in [-0.3, -0.25) is 5.10 Å². The largest absolute Gasteiger partial charge is 0.285 e. The number of allylic oxidation sites excluding steroid dienone is 4. The van der Waals surface area contributed by atoms with Gasteiger partial charge in [0, 0.05) is 17.1 Å². The Bertz CT molecular complexity index is 423. The van der Waals surface area contributed by atoms with Crippen LogP contribution in [-0.2, 0) is 0 Å². The van der Waals surface area contributed by atoms with Crippen LogP contribution in [0.15, 0.2) is 35.0 Å². The molecule has 0 saturated carbocycles. The number of nitriles is 1. The third-order valence-electron chi connectivity index (χ3n) is 2.21. The quantitative estimate of drug-likeness (QED) is 0.766. The van der Waals surface area contributed by atoms with Crippen LogP contribution in [0.3, 0.4) is 0 Å². The van der Waals surface area contributed by atoms with E-state index in [-0.39, 0.29) is 5.92 Å². The van der Waals surface area contributed by atoms with Crippen LogP contribution in [0.1, 0.15) is 18.0 Å². The summed E-state index contributed by atoms with van der Waals surface area (Å²) in [5, 5.41) is 16.2. The lowest BCUT2D eigenvalue weighted by Crippen LogP contribution is -2.01. The molecule has 0 saturated heterocycles. The van der Waals surface area contributed by atoms with Crippen LogP contribution in [0.2, 0.25) is 0 Å². The van der Waals surface area contributed by atoms with Crippen LogP contribution in [0.25, 0.3) is 0 Å². The highest BCUT2D eigenvalue weighted by atomic mass is 35.5. The number of rotatable bonds is 1. The molecule has 1 unspecified atom stereocenters. The predicted octanol–water partition coefficient (Wildman–Crippen LogP) is 2.47. The molecule has 0 bridgehead atoms. The van der Waals surface area contributed by atoms with E-state index in [4.69, 9.17) is 16.9 Å². The van der Waals surface area contributed by atoms with Crippen molar-refractivity contribution in [3.05, 3.63) is 40.7 Å². The number of halogens is 1. The molecule has 1 aliphatic rings. The minimum absolute atomic E-state index is 0.186. The zero-order chi connectivity index (χ0) is 9.97. The molecule has 0 fully saturated rings. The summed E-state index contributed by atoms with van der Waals surface area (Å²) >= 11 is 5.96. The van der Waals surface area contributed by atoms with Gasteiger partial charge in [0.05, 0.1) is 11.3 Å². The number of aromatic nitrogens is 2. The van der Waals surface area contributed by atoms with Crippen LogP contribution in [0.4, 0.5) is 0 Å². The Morgan fingerprint density at radius 1 is 1.64 bits per heavy atom. The van der Waals surface area contributed by atoms with E-state index >= 15 is 0 Å². The molecule has 70 valence electrons. The van der Waals surface area contributed by atoms with Gasteiger partial charge in [0.15, 0.2) is 0 Å². The van der Waals surface area contributed by atoms with E-state index in [1.165, 1.54) is 0 Å². The first-order valence-electron chi connectivity index (χ1n) is 4.28. The standard InChI is InChI=1S/C10H8ClN3/c11-9-5-7(1-2-8(9)6-12)10-3-4-13-14-10/h1-4,7H,5H2,(H,13,14). The number of nitrogens with zero attached hydrogens (tertiary/aromatic N) is 2. The maximum Gasteiger partial charge on any atom is 0.100 e. The first-order valence-corrected chi connectivity index (χ1v) is 4.65. The minimum Gasteiger partial charge on any atom is -0.285 e. The average molecular weight is 206 g/mol. The van der Waals surface area contributed by atoms with Crippen molar-refractivity contribution in [2.45, 2.75) is 12.3 Å². The molecule has 0 spiro atoms. The lowest BCUT2D eigenvalue weighted by atomic mass is 9.94. The molecule has 1 atom stereocenters. The van der Waals surface area contributed by atoms with Gasteiger partial charge in [-0.25, -0.2) is 0 Å². The topological polar surface area (TPSA) is 52.5 Å². The van der Waals surface area contributed by atoms with Gasteiger partial charge < -0.3 is 0 Å². The molecular formula is C10H8ClN3. The molecule has 3 nitrogen and oxygen atoms in total. The van der Waals surface area contributed by atoms with Gasteiger partial charge in [0.2, 0.25) is 0 Å². The van der Waals surface area contributed by atoms with Crippen molar-refractivity contribution in [3.63, 3.8) is 0 Å². The maximum absolute atomic E-state index is 8.71. The summed E-state index contributed by atoms with van der Waals surface area (Å²) in [6.45, 7) is 0. The zero-order valence-electron chi connectivity index (χ0n) is 7.37. The molecule has 1 N–H and O–H groups in total. The van der Waals surface area contributed by atoms with Crippen LogP contribution < -0.4 is 0 Å². The molecule has 2 rings (SSSR count). The Hall–Kier alpha value is -1.53. The van der Waals surface area contributed by atoms with Crippen molar-refractivity contribution < 1.29 is 0 Å². The van der Waals surface area contributed by atoms with E-state index in [1.807, 2.05) is 12.1 Å². The molecule has 1 heterocycles. The second-order valence-corrected chi connectivity index (χ2v) is 3.56. The summed E-state index contributed by atoms with van der Waals surface area (Å²) in [4.78, 5) is 0. The van der Waals surface area contributed by atoms with Crippen molar-refractivity contribution in [1.29, 1.82) is 5.26 Å². The van der Waals surface area contributed by atoms with E-state index in [1.54, 1.807) is 12.3 Å². The molecule has 0 radical (unpaired) electrons. The van der Waals surface area contributed by atoms with Crippen molar-refractivity contribution in [2.24, 2.45) is 0 Å². The van der Waals surface area contributed by atoms with Gasteiger partial charge in [0.1, 0.15) is 6.07 Å². The van der Waals surface area contributed by atoms with Gasteiger partial charge in [0.25, 0.3) is 0 Å². The normalized spacial score (nSPS) is 21.0. The highest BCUT2D eigenvalue weighted by Gasteiger charge is 2.17. The Morgan fingerprint density at radius 3 is 3.07 bits per heavy atom. The Morgan fingerprint density at radius 2 is 2.50 bits per heavy atom. The van der Waals surface area contributed by atoms with Crippen molar-refractivity contribution in [3.8, 4) is 6.07 Å². The molecule has 1 aromatic heterocycles. The fraction of sp³-hybridized carbons (Fsp3) is 0.200. The summed E-state index contributed by atoms with van der Waals surface area (Å²) in [5.74, 6) is 0.186. The third kappa shape index (κ3) is 1.57. The van der Waals surface area contributed by atoms with Gasteiger partial charge in [-0.1, -0.05) is 17.7 Å². The predicted molar refractivity (Wildman–Crippen MR) is 53.6 cm³/mol. The number of hydrogen-bond donors (Lipinski definition) is 1. The van der Waals surface area contributed by atoms with Crippen LogP contribution in [0, 0.1) is 11.3 Å². The summed E-state index contributed by atoms with van der Waals surface area (Å²) < 4.78 is 0. The van der Waals surface area contributed by atoms with Crippen molar-refractivity contribution in [2.75, 3.05) is 0 Å². The Balaban J connectivity index is 2.22. The molecule has 1 aliphatic carbocycles. The Kier molecular flexibility index (Phi) is 2.38. The van der Waals surface area contributed by atoms with Crippen molar-refractivity contribution >= 4 is 11.6 Å². The average Bonchev–Trinajstić information content (AvgIpc) is 2.70. The van der Waals surface area contributed by atoms with E-state index in [9.17, 15) is 0 Å². The molecule has 1 aromatic rings. The Labute approximate surface area is 86.7 Å². The van der Waals surface area contributed by atoms with Crippen LogP contribution in [-0.4, -0.2) is 10.2 Å². The fourth-order valence-electron chi connectivity index (χ4n) is 1.45. The number of nitrogens with one attached hydrogen (secondary N) is 1. The maximum atomic E-state index is 8.71. The van der Waals surface area contributed by atoms with E-state index in [0.717, 1.165) is 5.69 Å². The summed E-state index contributed by atoms with van der Waals surface area (Å²) in [7, 11) is 0. The van der Waals surface area contributed by atoms with Crippen LogP contribution in [0.5, 0.6) is 0 Å². The monoisotopic (exact) mass is 205 g/mol. The molecular weight excluding hydrogens is 198 g/mol. The zero-order valence-corrected chi connectivity index (χ0v) is 8.12. The highest BCUT2D eigenvalue weighted by Crippen LogP contribution is 2.31. The first kappa shape index (κ1) is 9.04. The lowest BCUT2D eigenvalue weighted by Gasteiger charge is -2.13. The summed E-state index contributed by atoms with van der Waals surface area (Å²) in [6.07, 6.45) is 6.15. The van der Waals surface area contributed by atoms with Gasteiger partial charge in [-0.05, 0) is 18.6 Å². The smallest absolute Gasteiger partial charge is 0.100 e. The number of aromatic amines is 1. The van der Waals surface area contributed by atoms with E-state index in [2.05, 4.69) is 16.3 Å². The van der Waals surface area contributed by atoms with E-state index in [0.29, 0.717) is 17.0 Å². The second kappa shape index (κ2) is 3.69. The van der Waals surface area contributed by atoms with Gasteiger partial charge >= 0.3 is 0 Å². The van der Waals surface area contributed by atoms with Crippen molar-refractivity contribution in [1.82, 2.24) is 10.2 Å². The number of hydrogen-bond acceptors (Lipinski definition) is 2. The molecule has 0 amide bonds. The molecule has 0 aromatic carbocycles. The van der Waals surface area contributed by atoms with Crippen LogP contribution >= 0.6 is 11.6 Å². The summed E-state index contributed by atoms with van der Waals surface area (Å²) in [5.41, 5.74) is 1.51. The summed E-state index contributed by atoms with van der Waals surface area (Å²) in [6, 6.07) is 3.97. The minimum atomic E-state index is 0.186. The highest BCUT2D eigenvalue weighted by molar-refractivity contribution is 6.30. The van der Waals surface area contributed by atoms with E-state index < -0.39 is 0 Å². The second-order valence-electron chi connectivity index (χ2n) is 3.10. The molecule has 0 aliphatic heterocycles. The van der Waals surface area contributed by atoms with Gasteiger partial charge in [-0.15, -0.1) is 0 Å². The first-order chi connectivity index (χ1) is 6.81. The number of H-pyrrole nitrogens is 1. The third-order valence-corrected chi connectivity index (χ3v) is 2.57. The van der Waals surface area contributed by atoms with Gasteiger partial charge in [-0.2, -0.15) is 10.4 Å². The lowest BCUT2D eigenvalue weighted by molar-refractivity contribution is 0.793. The molecule has 14 heavy (non-hydrogen) atoms. The molecule has 4 heteroatoms.